The minimum atomic E-state index is -0.478. The first-order valence-electron chi connectivity index (χ1n) is 9.21. The van der Waals surface area contributed by atoms with Gasteiger partial charge in [-0.1, -0.05) is 18.2 Å². The molecule has 0 amide bonds. The summed E-state index contributed by atoms with van der Waals surface area (Å²) in [7, 11) is 5.63. The first-order chi connectivity index (χ1) is 13.5. The largest absolute Gasteiger partial charge is 0.496 e. The Kier molecular flexibility index (Phi) is 8.19. The number of nitrogens with one attached hydrogen (secondary N) is 2. The number of aliphatic imine (C=N–C) groups is 1. The molecule has 2 N–H and O–H groups in total. The lowest BCUT2D eigenvalue weighted by molar-refractivity contribution is 0.287. The van der Waals surface area contributed by atoms with Crippen LogP contribution in [0.15, 0.2) is 47.5 Å². The van der Waals surface area contributed by atoms with E-state index in [-0.39, 0.29) is 18.2 Å². The van der Waals surface area contributed by atoms with Gasteiger partial charge in [-0.05, 0) is 45.3 Å². The van der Waals surface area contributed by atoms with Gasteiger partial charge in [0.25, 0.3) is 0 Å². The molecule has 0 fully saturated rings. The van der Waals surface area contributed by atoms with Crippen LogP contribution in [0.25, 0.3) is 0 Å². The zero-order valence-electron chi connectivity index (χ0n) is 16.8. The number of methoxy groups -OCH3 is 1. The van der Waals surface area contributed by atoms with Crippen molar-refractivity contribution in [2.24, 2.45) is 4.99 Å². The van der Waals surface area contributed by atoms with E-state index in [0.717, 1.165) is 23.4 Å². The number of benzene rings is 2. The Morgan fingerprint density at radius 1 is 1.14 bits per heavy atom. The summed E-state index contributed by atoms with van der Waals surface area (Å²) >= 11 is 0. The van der Waals surface area contributed by atoms with Gasteiger partial charge in [0, 0.05) is 24.2 Å². The van der Waals surface area contributed by atoms with Gasteiger partial charge in [0.05, 0.1) is 19.7 Å². The van der Waals surface area contributed by atoms with E-state index in [0.29, 0.717) is 19.0 Å². The number of likely N-dealkylation sites (N-methyl/N-ethyl adjacent to an activating group) is 1. The van der Waals surface area contributed by atoms with E-state index in [1.54, 1.807) is 7.11 Å². The maximum Gasteiger partial charge on any atom is 0.191 e. The molecule has 0 saturated heterocycles. The molecule has 1 unspecified atom stereocenters. The lowest BCUT2D eigenvalue weighted by Crippen LogP contribution is -2.41. The monoisotopic (exact) mass is 390 g/mol. The van der Waals surface area contributed by atoms with Crippen molar-refractivity contribution < 1.29 is 13.5 Å². The van der Waals surface area contributed by atoms with Gasteiger partial charge in [-0.25, -0.2) is 13.8 Å². The Morgan fingerprint density at radius 3 is 2.57 bits per heavy atom. The molecule has 0 aromatic heterocycles. The molecule has 2 aromatic rings. The Bertz CT molecular complexity index is 796. The number of hydrogen-bond acceptors (Lipinski definition) is 3. The molecule has 7 heteroatoms. The van der Waals surface area contributed by atoms with Gasteiger partial charge >= 0.3 is 0 Å². The van der Waals surface area contributed by atoms with Gasteiger partial charge in [-0.15, -0.1) is 0 Å². The van der Waals surface area contributed by atoms with Crippen molar-refractivity contribution in [3.8, 4) is 5.75 Å². The molecule has 28 heavy (non-hydrogen) atoms. The van der Waals surface area contributed by atoms with E-state index < -0.39 is 11.6 Å². The molecular formula is C21H28F2N4O. The van der Waals surface area contributed by atoms with Crippen LogP contribution in [0.2, 0.25) is 0 Å². The quantitative estimate of drug-likeness (QED) is 0.536. The zero-order chi connectivity index (χ0) is 20.5. The van der Waals surface area contributed by atoms with Crippen LogP contribution in [0.4, 0.5) is 8.78 Å². The summed E-state index contributed by atoms with van der Waals surface area (Å²) in [4.78, 5) is 6.48. The maximum absolute atomic E-state index is 13.8. The van der Waals surface area contributed by atoms with Crippen molar-refractivity contribution in [1.29, 1.82) is 0 Å². The highest BCUT2D eigenvalue weighted by atomic mass is 19.1. The molecule has 0 aliphatic carbocycles. The summed E-state index contributed by atoms with van der Waals surface area (Å²) in [6, 6.07) is 11.3. The molecular weight excluding hydrogens is 362 g/mol. The summed E-state index contributed by atoms with van der Waals surface area (Å²) in [6.45, 7) is 3.20. The minimum absolute atomic E-state index is 0.0333. The number of guanidine groups is 1. The van der Waals surface area contributed by atoms with Crippen LogP contribution in [-0.4, -0.2) is 45.2 Å². The number of rotatable bonds is 8. The zero-order valence-corrected chi connectivity index (χ0v) is 16.8. The Morgan fingerprint density at radius 2 is 1.89 bits per heavy atom. The van der Waals surface area contributed by atoms with Crippen molar-refractivity contribution in [2.75, 3.05) is 34.3 Å². The van der Waals surface area contributed by atoms with Crippen molar-refractivity contribution in [3.63, 3.8) is 0 Å². The second-order valence-corrected chi connectivity index (χ2v) is 6.53. The second-order valence-electron chi connectivity index (χ2n) is 6.53. The predicted octanol–water partition coefficient (Wildman–Crippen LogP) is 3.33. The fourth-order valence-corrected chi connectivity index (χ4v) is 2.88. The smallest absolute Gasteiger partial charge is 0.191 e. The predicted molar refractivity (Wildman–Crippen MR) is 109 cm³/mol. The molecule has 5 nitrogen and oxygen atoms in total. The Hall–Kier alpha value is -2.67. The fourth-order valence-electron chi connectivity index (χ4n) is 2.88. The molecule has 0 aliphatic heterocycles. The molecule has 1 atom stereocenters. The normalized spacial score (nSPS) is 12.8. The average Bonchev–Trinajstić information content (AvgIpc) is 2.68. The summed E-state index contributed by atoms with van der Waals surface area (Å²) < 4.78 is 32.7. The van der Waals surface area contributed by atoms with Crippen LogP contribution in [-0.2, 0) is 6.54 Å². The molecule has 0 saturated carbocycles. The Balaban J connectivity index is 2.14. The lowest BCUT2D eigenvalue weighted by Gasteiger charge is -2.27. The number of ether oxygens (including phenoxy) is 1. The average molecular weight is 390 g/mol. The third kappa shape index (κ3) is 5.92. The lowest BCUT2D eigenvalue weighted by atomic mass is 10.0. The van der Waals surface area contributed by atoms with Gasteiger partial charge in [-0.2, -0.15) is 0 Å². The molecule has 0 aliphatic rings. The minimum Gasteiger partial charge on any atom is -0.496 e. The van der Waals surface area contributed by atoms with Crippen molar-refractivity contribution in [3.05, 3.63) is 65.2 Å². The van der Waals surface area contributed by atoms with Crippen LogP contribution in [0.5, 0.6) is 5.75 Å². The highest BCUT2D eigenvalue weighted by Crippen LogP contribution is 2.27. The van der Waals surface area contributed by atoms with Crippen LogP contribution in [0, 0.1) is 11.6 Å². The van der Waals surface area contributed by atoms with Crippen molar-refractivity contribution >= 4 is 5.96 Å². The molecule has 0 heterocycles. The van der Waals surface area contributed by atoms with E-state index in [4.69, 9.17) is 4.74 Å². The van der Waals surface area contributed by atoms with E-state index >= 15 is 0 Å². The summed E-state index contributed by atoms with van der Waals surface area (Å²) in [5, 5.41) is 6.42. The third-order valence-corrected chi connectivity index (χ3v) is 4.34. The third-order valence-electron chi connectivity index (χ3n) is 4.34. The summed E-state index contributed by atoms with van der Waals surface area (Å²) in [5.74, 6) is 0.397. The molecule has 2 aromatic carbocycles. The molecule has 0 spiro atoms. The van der Waals surface area contributed by atoms with Crippen LogP contribution in [0.1, 0.15) is 24.1 Å². The van der Waals surface area contributed by atoms with Gasteiger partial charge in [0.1, 0.15) is 17.4 Å². The molecule has 0 radical (unpaired) electrons. The van der Waals surface area contributed by atoms with Crippen LogP contribution < -0.4 is 15.4 Å². The van der Waals surface area contributed by atoms with Crippen LogP contribution in [0.3, 0.4) is 0 Å². The van der Waals surface area contributed by atoms with Crippen LogP contribution >= 0.6 is 0 Å². The van der Waals surface area contributed by atoms with E-state index in [9.17, 15) is 8.78 Å². The van der Waals surface area contributed by atoms with Gasteiger partial charge in [-0.3, -0.25) is 0 Å². The second kappa shape index (κ2) is 10.6. The number of nitrogens with zero attached hydrogens (tertiary/aromatic N) is 2. The SMILES string of the molecule is CCNC(=NCc1cc(F)ccc1F)NCC(c1ccccc1OC)N(C)C. The van der Waals surface area contributed by atoms with Crippen molar-refractivity contribution in [1.82, 2.24) is 15.5 Å². The molecule has 152 valence electrons. The maximum atomic E-state index is 13.8. The fraction of sp³-hybridized carbons (Fsp3) is 0.381. The Labute approximate surface area is 165 Å². The number of para-hydroxylation sites is 1. The van der Waals surface area contributed by atoms with Gasteiger partial charge in [0.2, 0.25) is 0 Å². The standard InChI is InChI=1S/C21H28F2N4O/c1-5-24-21(25-13-15-12-16(22)10-11-18(15)23)26-14-19(27(2)3)17-8-6-7-9-20(17)28-4/h6-12,19H,5,13-14H2,1-4H3,(H2,24,25,26). The highest BCUT2D eigenvalue weighted by molar-refractivity contribution is 5.79. The first-order valence-corrected chi connectivity index (χ1v) is 9.21. The van der Waals surface area contributed by atoms with E-state index in [1.807, 2.05) is 45.3 Å². The number of hydrogen-bond donors (Lipinski definition) is 2. The van der Waals surface area contributed by atoms with E-state index in [1.165, 1.54) is 6.07 Å². The topological polar surface area (TPSA) is 48.9 Å². The summed E-state index contributed by atoms with van der Waals surface area (Å²) in [6.07, 6.45) is 0. The molecule has 0 bridgehead atoms. The van der Waals surface area contributed by atoms with E-state index in [2.05, 4.69) is 20.5 Å². The highest BCUT2D eigenvalue weighted by Gasteiger charge is 2.18. The number of halogens is 2. The molecule has 2 rings (SSSR count). The first kappa shape index (κ1) is 21.6. The van der Waals surface area contributed by atoms with Gasteiger partial charge in [0.15, 0.2) is 5.96 Å². The van der Waals surface area contributed by atoms with Crippen molar-refractivity contribution in [2.45, 2.75) is 19.5 Å². The summed E-state index contributed by atoms with van der Waals surface area (Å²) in [5.41, 5.74) is 1.26. The van der Waals surface area contributed by atoms with Gasteiger partial charge < -0.3 is 20.3 Å².